The SMILES string of the molecule is CC1(C)c2ccccc2-c2ccc(-c3c4ccccc4c(-c4cccnc4)c4ccc(-c5ccccc5)cc34)cc21. The molecule has 0 atom stereocenters. The van der Waals surface area contributed by atoms with E-state index in [1.165, 1.54) is 71.6 Å². The molecule has 41 heavy (non-hydrogen) atoms. The molecule has 7 aromatic rings. The van der Waals surface area contributed by atoms with Crippen LogP contribution < -0.4 is 0 Å². The van der Waals surface area contributed by atoms with Gasteiger partial charge in [-0.2, -0.15) is 0 Å². The largest absolute Gasteiger partial charge is 0.264 e. The summed E-state index contributed by atoms with van der Waals surface area (Å²) < 4.78 is 0. The van der Waals surface area contributed by atoms with Gasteiger partial charge >= 0.3 is 0 Å². The summed E-state index contributed by atoms with van der Waals surface area (Å²) in [7, 11) is 0. The van der Waals surface area contributed by atoms with Crippen LogP contribution in [0.15, 0.2) is 140 Å². The Morgan fingerprint density at radius 2 is 1.07 bits per heavy atom. The minimum absolute atomic E-state index is 0.0572. The van der Waals surface area contributed by atoms with Crippen molar-refractivity contribution in [2.45, 2.75) is 19.3 Å². The Balaban J connectivity index is 1.48. The Morgan fingerprint density at radius 3 is 1.85 bits per heavy atom. The van der Waals surface area contributed by atoms with E-state index < -0.39 is 0 Å². The van der Waals surface area contributed by atoms with Crippen LogP contribution in [0.4, 0.5) is 0 Å². The Labute approximate surface area is 240 Å². The summed E-state index contributed by atoms with van der Waals surface area (Å²) in [6.45, 7) is 4.72. The zero-order valence-electron chi connectivity index (χ0n) is 23.2. The maximum atomic E-state index is 4.50. The van der Waals surface area contributed by atoms with Crippen LogP contribution in [0.5, 0.6) is 0 Å². The number of hydrogen-bond acceptors (Lipinski definition) is 1. The first-order valence-corrected chi connectivity index (χ1v) is 14.3. The van der Waals surface area contributed by atoms with Gasteiger partial charge in [-0.3, -0.25) is 4.98 Å². The highest BCUT2D eigenvalue weighted by Crippen LogP contribution is 2.51. The Kier molecular flexibility index (Phi) is 5.24. The monoisotopic (exact) mass is 523 g/mol. The molecule has 0 spiro atoms. The Morgan fingerprint density at radius 1 is 0.439 bits per heavy atom. The molecule has 1 heterocycles. The predicted molar refractivity (Wildman–Crippen MR) is 173 cm³/mol. The van der Waals surface area contributed by atoms with E-state index in [2.05, 4.69) is 140 Å². The molecule has 0 bridgehead atoms. The average Bonchev–Trinajstić information content (AvgIpc) is 3.26. The van der Waals surface area contributed by atoms with Crippen molar-refractivity contribution >= 4 is 21.5 Å². The summed E-state index contributed by atoms with van der Waals surface area (Å²) in [6.07, 6.45) is 3.83. The average molecular weight is 524 g/mol. The lowest BCUT2D eigenvalue weighted by Crippen LogP contribution is -2.14. The van der Waals surface area contributed by atoms with E-state index in [4.69, 9.17) is 0 Å². The molecule has 1 aliphatic rings. The highest BCUT2D eigenvalue weighted by Gasteiger charge is 2.35. The van der Waals surface area contributed by atoms with Gasteiger partial charge in [0.1, 0.15) is 0 Å². The molecule has 0 N–H and O–H groups in total. The first-order valence-electron chi connectivity index (χ1n) is 14.3. The molecular formula is C40H29N. The fourth-order valence-corrected chi connectivity index (χ4v) is 6.98. The van der Waals surface area contributed by atoms with Crippen LogP contribution in [0.3, 0.4) is 0 Å². The minimum Gasteiger partial charge on any atom is -0.264 e. The quantitative estimate of drug-likeness (QED) is 0.210. The van der Waals surface area contributed by atoms with Crippen LogP contribution in [0, 0.1) is 0 Å². The molecule has 0 aliphatic heterocycles. The smallest absolute Gasteiger partial charge is 0.0346 e. The molecule has 1 nitrogen and oxygen atoms in total. The molecule has 1 aliphatic carbocycles. The van der Waals surface area contributed by atoms with Gasteiger partial charge in [-0.15, -0.1) is 0 Å². The molecule has 194 valence electrons. The first-order chi connectivity index (χ1) is 20.1. The van der Waals surface area contributed by atoms with Crippen molar-refractivity contribution in [2.24, 2.45) is 0 Å². The highest BCUT2D eigenvalue weighted by molar-refractivity contribution is 6.22. The molecule has 0 saturated heterocycles. The van der Waals surface area contributed by atoms with Gasteiger partial charge in [-0.1, -0.05) is 123 Å². The van der Waals surface area contributed by atoms with Crippen molar-refractivity contribution in [2.75, 3.05) is 0 Å². The van der Waals surface area contributed by atoms with Crippen molar-refractivity contribution in [1.82, 2.24) is 4.98 Å². The van der Waals surface area contributed by atoms with E-state index in [0.717, 1.165) is 5.56 Å². The van der Waals surface area contributed by atoms with E-state index >= 15 is 0 Å². The second kappa shape index (κ2) is 9.01. The van der Waals surface area contributed by atoms with Gasteiger partial charge in [-0.05, 0) is 89.8 Å². The normalized spacial score (nSPS) is 13.3. The number of hydrogen-bond donors (Lipinski definition) is 0. The summed E-state index contributed by atoms with van der Waals surface area (Å²) in [5, 5.41) is 5.02. The van der Waals surface area contributed by atoms with Crippen LogP contribution in [0.25, 0.3) is 66.1 Å². The number of benzene rings is 6. The van der Waals surface area contributed by atoms with Crippen molar-refractivity contribution in [1.29, 1.82) is 0 Å². The summed E-state index contributed by atoms with van der Waals surface area (Å²) in [5.41, 5.74) is 12.8. The lowest BCUT2D eigenvalue weighted by molar-refractivity contribution is 0.660. The topological polar surface area (TPSA) is 12.9 Å². The lowest BCUT2D eigenvalue weighted by Gasteiger charge is -2.23. The van der Waals surface area contributed by atoms with Crippen molar-refractivity contribution < 1.29 is 0 Å². The summed E-state index contributed by atoms with van der Waals surface area (Å²) >= 11 is 0. The third-order valence-corrected chi connectivity index (χ3v) is 8.95. The zero-order chi connectivity index (χ0) is 27.6. The molecular weight excluding hydrogens is 494 g/mol. The zero-order valence-corrected chi connectivity index (χ0v) is 23.2. The predicted octanol–water partition coefficient (Wildman–Crippen LogP) is 10.7. The fourth-order valence-electron chi connectivity index (χ4n) is 6.98. The molecule has 0 unspecified atom stereocenters. The maximum absolute atomic E-state index is 4.50. The molecule has 0 amide bonds. The van der Waals surface area contributed by atoms with Gasteiger partial charge in [0.2, 0.25) is 0 Å². The number of fused-ring (bicyclic) bond motifs is 5. The Hall–Kier alpha value is -5.01. The number of aromatic nitrogens is 1. The molecule has 6 aromatic carbocycles. The number of rotatable bonds is 3. The second-order valence-electron chi connectivity index (χ2n) is 11.6. The van der Waals surface area contributed by atoms with Crippen molar-refractivity contribution in [3.8, 4) is 44.5 Å². The van der Waals surface area contributed by atoms with Gasteiger partial charge < -0.3 is 0 Å². The van der Waals surface area contributed by atoms with E-state index in [1.54, 1.807) is 0 Å². The van der Waals surface area contributed by atoms with Crippen LogP contribution in [0.2, 0.25) is 0 Å². The Bertz CT molecular complexity index is 2100. The van der Waals surface area contributed by atoms with Crippen LogP contribution in [-0.2, 0) is 5.41 Å². The summed E-state index contributed by atoms with van der Waals surface area (Å²) in [4.78, 5) is 4.50. The third kappa shape index (κ3) is 3.59. The lowest BCUT2D eigenvalue weighted by atomic mass is 9.80. The molecule has 0 fully saturated rings. The second-order valence-corrected chi connectivity index (χ2v) is 11.6. The molecule has 1 aromatic heterocycles. The van der Waals surface area contributed by atoms with E-state index in [9.17, 15) is 0 Å². The van der Waals surface area contributed by atoms with Crippen LogP contribution >= 0.6 is 0 Å². The summed E-state index contributed by atoms with van der Waals surface area (Å²) in [5.74, 6) is 0. The van der Waals surface area contributed by atoms with Crippen molar-refractivity contribution in [3.05, 3.63) is 151 Å². The third-order valence-electron chi connectivity index (χ3n) is 8.95. The minimum atomic E-state index is -0.0572. The van der Waals surface area contributed by atoms with Gasteiger partial charge in [-0.25, -0.2) is 0 Å². The first kappa shape index (κ1) is 23.8. The molecule has 0 saturated carbocycles. The maximum Gasteiger partial charge on any atom is 0.0346 e. The molecule has 0 radical (unpaired) electrons. The van der Waals surface area contributed by atoms with E-state index in [-0.39, 0.29) is 5.41 Å². The van der Waals surface area contributed by atoms with Gasteiger partial charge in [0.15, 0.2) is 0 Å². The fraction of sp³-hybridized carbons (Fsp3) is 0.0750. The van der Waals surface area contributed by atoms with E-state index in [0.29, 0.717) is 0 Å². The molecule has 8 rings (SSSR count). The number of nitrogens with zero attached hydrogens (tertiary/aromatic N) is 1. The highest BCUT2D eigenvalue weighted by atomic mass is 14.6. The molecule has 1 heteroatoms. The number of pyridine rings is 1. The van der Waals surface area contributed by atoms with Crippen LogP contribution in [-0.4, -0.2) is 4.98 Å². The van der Waals surface area contributed by atoms with Gasteiger partial charge in [0.25, 0.3) is 0 Å². The van der Waals surface area contributed by atoms with Crippen molar-refractivity contribution in [3.63, 3.8) is 0 Å². The van der Waals surface area contributed by atoms with Gasteiger partial charge in [0.05, 0.1) is 0 Å². The van der Waals surface area contributed by atoms with Crippen LogP contribution in [0.1, 0.15) is 25.0 Å². The van der Waals surface area contributed by atoms with Gasteiger partial charge in [0, 0.05) is 23.4 Å². The summed E-state index contributed by atoms with van der Waals surface area (Å²) in [6, 6.07) is 46.7. The standard InChI is InChI=1S/C40H29N/c1-40(2)36-17-9-8-14-30(36)31-20-19-28(24-37(31)40)38-32-15-6-7-16-33(32)39(29-13-10-22-41-25-29)34-21-18-27(23-35(34)38)26-11-4-3-5-12-26/h3-25H,1-2H3. The van der Waals surface area contributed by atoms with E-state index in [1.807, 2.05) is 18.5 Å².